The Kier molecular flexibility index (Phi) is 8.62. The number of hydrogen-bond acceptors (Lipinski definition) is 2. The van der Waals surface area contributed by atoms with Gasteiger partial charge < -0.3 is 10.6 Å². The Balaban J connectivity index is 1.93. The molecule has 2 nitrogen and oxygen atoms in total. The van der Waals surface area contributed by atoms with E-state index in [1.165, 1.54) is 41.7 Å². The molecule has 1 aliphatic carbocycles. The minimum absolute atomic E-state index is 0.517. The first-order chi connectivity index (χ1) is 15.1. The van der Waals surface area contributed by atoms with Gasteiger partial charge in [-0.3, -0.25) is 0 Å². The van der Waals surface area contributed by atoms with Crippen LogP contribution < -0.4 is 10.6 Å². The molecular weight excluding hydrogens is 376 g/mol. The fraction of sp³-hybridized carbons (Fsp3) is 0.414. The maximum absolute atomic E-state index is 4.05. The molecule has 1 atom stereocenters. The van der Waals surface area contributed by atoms with Gasteiger partial charge >= 0.3 is 0 Å². The molecule has 0 saturated heterocycles. The van der Waals surface area contributed by atoms with E-state index in [1.54, 1.807) is 0 Å². The zero-order valence-electron chi connectivity index (χ0n) is 19.3. The third-order valence-corrected chi connectivity index (χ3v) is 6.05. The zero-order chi connectivity index (χ0) is 22.1. The molecule has 0 amide bonds. The van der Waals surface area contributed by atoms with Crippen LogP contribution in [0.25, 0.3) is 5.57 Å². The van der Waals surface area contributed by atoms with Crippen molar-refractivity contribution in [1.82, 2.24) is 5.32 Å². The highest BCUT2D eigenvalue weighted by atomic mass is 14.9. The molecule has 1 heterocycles. The lowest BCUT2D eigenvalue weighted by molar-refractivity contribution is 0.621. The van der Waals surface area contributed by atoms with Gasteiger partial charge in [0.2, 0.25) is 0 Å². The Hall–Kier alpha value is -2.70. The van der Waals surface area contributed by atoms with Gasteiger partial charge in [0.15, 0.2) is 0 Å². The first kappa shape index (κ1) is 23.0. The lowest BCUT2D eigenvalue weighted by Gasteiger charge is -2.23. The van der Waals surface area contributed by atoms with Crippen LogP contribution >= 0.6 is 0 Å². The van der Waals surface area contributed by atoms with Crippen molar-refractivity contribution in [2.45, 2.75) is 58.8 Å². The highest BCUT2D eigenvalue weighted by Gasteiger charge is 2.33. The summed E-state index contributed by atoms with van der Waals surface area (Å²) < 4.78 is 0. The Morgan fingerprint density at radius 1 is 1.23 bits per heavy atom. The third kappa shape index (κ3) is 6.91. The molecular formula is C29H38N2. The number of anilines is 1. The van der Waals surface area contributed by atoms with Gasteiger partial charge in [0.05, 0.1) is 0 Å². The third-order valence-electron chi connectivity index (χ3n) is 6.05. The summed E-state index contributed by atoms with van der Waals surface area (Å²) in [7, 11) is 0. The lowest BCUT2D eigenvalue weighted by atomic mass is 9.85. The van der Waals surface area contributed by atoms with Crippen LogP contribution in [0.3, 0.4) is 0 Å². The first-order valence-electron chi connectivity index (χ1n) is 11.8. The fourth-order valence-corrected chi connectivity index (χ4v) is 4.28. The average Bonchev–Trinajstić information content (AvgIpc) is 3.58. The maximum atomic E-state index is 4.05. The molecule has 1 aromatic carbocycles. The van der Waals surface area contributed by atoms with Gasteiger partial charge in [-0.15, -0.1) is 5.73 Å². The van der Waals surface area contributed by atoms with Crippen LogP contribution in [-0.4, -0.2) is 6.54 Å². The monoisotopic (exact) mass is 414 g/mol. The summed E-state index contributed by atoms with van der Waals surface area (Å²) in [5.74, 6) is 1.30. The van der Waals surface area contributed by atoms with Crippen molar-refractivity contribution in [2.75, 3.05) is 11.9 Å². The van der Waals surface area contributed by atoms with Gasteiger partial charge in [0.1, 0.15) is 0 Å². The van der Waals surface area contributed by atoms with Crippen LogP contribution in [-0.2, 0) is 0 Å². The van der Waals surface area contributed by atoms with E-state index in [9.17, 15) is 0 Å². The summed E-state index contributed by atoms with van der Waals surface area (Å²) in [5, 5.41) is 7.08. The van der Waals surface area contributed by atoms with Crippen molar-refractivity contribution < 1.29 is 0 Å². The molecule has 164 valence electrons. The Morgan fingerprint density at radius 2 is 2.00 bits per heavy atom. The van der Waals surface area contributed by atoms with Gasteiger partial charge in [0.25, 0.3) is 0 Å². The molecule has 3 rings (SSSR count). The standard InChI is InChI=1S/C29H38N2/c1-5-7-9-13-29-28(27(25-14-15-25)12-10-8-11-20-30-29)21-23(6-2)24-16-18-26(19-17-24)31-22(3)4/h7,9-10,12,16-19,25,27,30-31H,2-3,5,8,11,13-15,20-21H2,1,4H3/b9-7+,12-10-,29-28-. The van der Waals surface area contributed by atoms with Crippen LogP contribution in [0.1, 0.15) is 64.4 Å². The van der Waals surface area contributed by atoms with Crippen LogP contribution in [0.15, 0.2) is 84.4 Å². The Bertz CT molecular complexity index is 887. The van der Waals surface area contributed by atoms with E-state index in [4.69, 9.17) is 0 Å². The van der Waals surface area contributed by atoms with Gasteiger partial charge in [-0.2, -0.15) is 0 Å². The molecule has 1 unspecified atom stereocenters. The Labute approximate surface area is 189 Å². The largest absolute Gasteiger partial charge is 0.388 e. The molecule has 0 radical (unpaired) electrons. The van der Waals surface area contributed by atoms with Gasteiger partial charge in [-0.05, 0) is 68.2 Å². The van der Waals surface area contributed by atoms with Gasteiger partial charge in [-0.1, -0.05) is 56.5 Å². The molecule has 1 fully saturated rings. The van der Waals surface area contributed by atoms with Crippen molar-refractivity contribution in [3.8, 4) is 0 Å². The molecule has 0 aromatic heterocycles. The number of benzene rings is 1. The van der Waals surface area contributed by atoms with Crippen LogP contribution in [0.2, 0.25) is 0 Å². The number of nitrogens with one attached hydrogen (secondary N) is 2. The van der Waals surface area contributed by atoms with Gasteiger partial charge in [0, 0.05) is 48.0 Å². The summed E-state index contributed by atoms with van der Waals surface area (Å²) >= 11 is 0. The molecule has 2 aliphatic rings. The van der Waals surface area contributed by atoms with Crippen molar-refractivity contribution in [3.63, 3.8) is 0 Å². The second-order valence-corrected chi connectivity index (χ2v) is 8.76. The second-order valence-electron chi connectivity index (χ2n) is 8.76. The minimum Gasteiger partial charge on any atom is -0.388 e. The van der Waals surface area contributed by atoms with E-state index < -0.39 is 0 Å². The minimum atomic E-state index is 0.517. The van der Waals surface area contributed by atoms with E-state index in [2.05, 4.69) is 85.0 Å². The number of hydrogen-bond donors (Lipinski definition) is 2. The predicted molar refractivity (Wildman–Crippen MR) is 136 cm³/mol. The molecule has 1 aromatic rings. The molecule has 0 spiro atoms. The smallest absolute Gasteiger partial charge is 0.0381 e. The van der Waals surface area contributed by atoms with E-state index >= 15 is 0 Å². The molecule has 2 heteroatoms. The number of rotatable bonds is 9. The van der Waals surface area contributed by atoms with Crippen LogP contribution in [0.4, 0.5) is 5.69 Å². The van der Waals surface area contributed by atoms with Crippen molar-refractivity contribution in [1.29, 1.82) is 0 Å². The fourth-order valence-electron chi connectivity index (χ4n) is 4.28. The molecule has 1 saturated carbocycles. The van der Waals surface area contributed by atoms with Crippen molar-refractivity contribution in [3.05, 3.63) is 90.0 Å². The van der Waals surface area contributed by atoms with Crippen molar-refractivity contribution >= 4 is 11.3 Å². The van der Waals surface area contributed by atoms with Crippen LogP contribution in [0.5, 0.6) is 0 Å². The molecule has 1 aliphatic heterocycles. The van der Waals surface area contributed by atoms with Crippen LogP contribution in [0, 0.1) is 11.8 Å². The van der Waals surface area contributed by atoms with Crippen molar-refractivity contribution in [2.24, 2.45) is 11.8 Å². The predicted octanol–water partition coefficient (Wildman–Crippen LogP) is 7.77. The molecule has 2 N–H and O–H groups in total. The quantitative estimate of drug-likeness (QED) is 0.318. The highest BCUT2D eigenvalue weighted by molar-refractivity contribution is 5.69. The first-order valence-corrected chi connectivity index (χ1v) is 11.8. The maximum Gasteiger partial charge on any atom is 0.0381 e. The van der Waals surface area contributed by atoms with Gasteiger partial charge in [-0.25, -0.2) is 0 Å². The summed E-state index contributed by atoms with van der Waals surface area (Å²) in [6.07, 6.45) is 17.5. The summed E-state index contributed by atoms with van der Waals surface area (Å²) in [6.45, 7) is 13.2. The molecule has 0 bridgehead atoms. The van der Waals surface area contributed by atoms with E-state index in [0.717, 1.165) is 49.5 Å². The molecule has 31 heavy (non-hydrogen) atoms. The van der Waals surface area contributed by atoms with E-state index in [1.807, 2.05) is 6.92 Å². The van der Waals surface area contributed by atoms with E-state index in [-0.39, 0.29) is 0 Å². The second kappa shape index (κ2) is 11.6. The zero-order valence-corrected chi connectivity index (χ0v) is 19.3. The Morgan fingerprint density at radius 3 is 2.65 bits per heavy atom. The lowest BCUT2D eigenvalue weighted by Crippen LogP contribution is -2.19. The topological polar surface area (TPSA) is 24.1 Å². The summed E-state index contributed by atoms with van der Waals surface area (Å²) in [5.41, 5.74) is 10.6. The highest BCUT2D eigenvalue weighted by Crippen LogP contribution is 2.45. The normalized spacial score (nSPS) is 22.6. The van der Waals surface area contributed by atoms with E-state index in [0.29, 0.717) is 5.92 Å². The number of allylic oxidation sites excluding steroid dienone is 7. The summed E-state index contributed by atoms with van der Waals surface area (Å²) in [6, 6.07) is 8.56. The average molecular weight is 415 g/mol. The SMILES string of the molecule is C=C=C(C/C1=C(\C/C=C/CC)NCCC/C=C\C1C1CC1)c1ccc(NC(=C)C)cc1. The summed E-state index contributed by atoms with van der Waals surface area (Å²) in [4.78, 5) is 0.